The van der Waals surface area contributed by atoms with Gasteiger partial charge in [-0.25, -0.2) is 4.79 Å². The number of carbonyl (C=O) groups excluding carboxylic acids is 1. The Morgan fingerprint density at radius 1 is 1.12 bits per heavy atom. The molecule has 1 atom stereocenters. The minimum absolute atomic E-state index is 0.181. The van der Waals surface area contributed by atoms with E-state index in [9.17, 15) is 4.79 Å². The van der Waals surface area contributed by atoms with E-state index in [1.165, 1.54) is 10.5 Å². The molecule has 1 N–H and O–H groups in total. The number of ether oxygens (including phenoxy) is 2. The monoisotopic (exact) mass is 368 g/mol. The molecular weight excluding hydrogens is 349 g/mol. The molecule has 0 aliphatic rings. The van der Waals surface area contributed by atoms with Gasteiger partial charge in [-0.05, 0) is 18.2 Å². The molecule has 2 aromatic rings. The summed E-state index contributed by atoms with van der Waals surface area (Å²) >= 11 is 11.8. The lowest BCUT2D eigenvalue weighted by molar-refractivity contribution is -0.893. The normalized spacial score (nSPS) is 11.8. The van der Waals surface area contributed by atoms with Crippen LogP contribution in [-0.2, 0) is 16.1 Å². The van der Waals surface area contributed by atoms with E-state index in [0.717, 1.165) is 13.1 Å². The summed E-state index contributed by atoms with van der Waals surface area (Å²) in [6.07, 6.45) is 0. The molecule has 0 amide bonds. The largest absolute Gasteiger partial charge is 0.480 e. The molecule has 24 heavy (non-hydrogen) atoms. The lowest BCUT2D eigenvalue weighted by Crippen LogP contribution is -3.08. The predicted octanol–water partition coefficient (Wildman–Crippen LogP) is 2.63. The number of rotatable bonds is 8. The Morgan fingerprint density at radius 3 is 2.58 bits per heavy atom. The highest BCUT2D eigenvalue weighted by atomic mass is 35.5. The van der Waals surface area contributed by atoms with Crippen molar-refractivity contribution in [1.82, 2.24) is 0 Å². The maximum atomic E-state index is 11.7. The SMILES string of the molecule is C[NH+](CCOC(=O)COc1ccc(Cl)cc1Cl)Cc1ccccc1. The van der Waals surface area contributed by atoms with E-state index >= 15 is 0 Å². The van der Waals surface area contributed by atoms with Crippen molar-refractivity contribution in [3.8, 4) is 5.75 Å². The Bertz CT molecular complexity index is 665. The van der Waals surface area contributed by atoms with Gasteiger partial charge in [0.15, 0.2) is 6.61 Å². The molecule has 0 radical (unpaired) electrons. The van der Waals surface area contributed by atoms with Crippen molar-refractivity contribution in [2.75, 3.05) is 26.8 Å². The molecule has 0 spiro atoms. The highest BCUT2D eigenvalue weighted by Gasteiger charge is 2.09. The summed E-state index contributed by atoms with van der Waals surface area (Å²) in [5.41, 5.74) is 1.25. The summed E-state index contributed by atoms with van der Waals surface area (Å²) in [4.78, 5) is 13.0. The average Bonchev–Trinajstić information content (AvgIpc) is 2.55. The molecule has 0 fully saturated rings. The van der Waals surface area contributed by atoms with Crippen molar-refractivity contribution in [2.24, 2.45) is 0 Å². The molecule has 0 bridgehead atoms. The quantitative estimate of drug-likeness (QED) is 0.728. The van der Waals surface area contributed by atoms with Crippen LogP contribution in [-0.4, -0.2) is 32.8 Å². The summed E-state index contributed by atoms with van der Waals surface area (Å²) in [5.74, 6) is -0.0154. The van der Waals surface area contributed by atoms with Crippen LogP contribution in [0.25, 0.3) is 0 Å². The van der Waals surface area contributed by atoms with Gasteiger partial charge in [0.1, 0.15) is 25.4 Å². The number of carbonyl (C=O) groups is 1. The van der Waals surface area contributed by atoms with Crippen LogP contribution in [0.5, 0.6) is 5.75 Å². The maximum absolute atomic E-state index is 11.7. The fourth-order valence-electron chi connectivity index (χ4n) is 2.14. The van der Waals surface area contributed by atoms with Gasteiger partial charge in [-0.2, -0.15) is 0 Å². The Hall–Kier alpha value is -1.75. The zero-order valence-corrected chi connectivity index (χ0v) is 14.9. The van der Waals surface area contributed by atoms with Gasteiger partial charge in [0.2, 0.25) is 0 Å². The molecule has 0 heterocycles. The van der Waals surface area contributed by atoms with Crippen LogP contribution in [0.4, 0.5) is 0 Å². The van der Waals surface area contributed by atoms with E-state index in [0.29, 0.717) is 22.4 Å². The van der Waals surface area contributed by atoms with Crippen molar-refractivity contribution in [1.29, 1.82) is 0 Å². The maximum Gasteiger partial charge on any atom is 0.344 e. The molecule has 4 nitrogen and oxygen atoms in total. The van der Waals surface area contributed by atoms with Crippen molar-refractivity contribution >= 4 is 29.2 Å². The smallest absolute Gasteiger partial charge is 0.344 e. The number of hydrogen-bond acceptors (Lipinski definition) is 3. The molecule has 2 aromatic carbocycles. The first-order chi connectivity index (χ1) is 11.5. The summed E-state index contributed by atoms with van der Waals surface area (Å²) in [5, 5.41) is 0.877. The van der Waals surface area contributed by atoms with Crippen LogP contribution in [0.15, 0.2) is 48.5 Å². The van der Waals surface area contributed by atoms with Gasteiger partial charge < -0.3 is 14.4 Å². The fourth-order valence-corrected chi connectivity index (χ4v) is 2.61. The first kappa shape index (κ1) is 18.6. The van der Waals surface area contributed by atoms with Crippen LogP contribution in [0.2, 0.25) is 10.0 Å². The zero-order chi connectivity index (χ0) is 17.4. The van der Waals surface area contributed by atoms with Gasteiger partial charge in [-0.3, -0.25) is 0 Å². The average molecular weight is 369 g/mol. The molecule has 1 unspecified atom stereocenters. The number of halogens is 2. The minimum atomic E-state index is -0.423. The van der Waals surface area contributed by atoms with Gasteiger partial charge in [0.25, 0.3) is 0 Å². The Morgan fingerprint density at radius 2 is 1.88 bits per heavy atom. The van der Waals surface area contributed by atoms with Crippen LogP contribution in [0.3, 0.4) is 0 Å². The number of nitrogens with one attached hydrogen (secondary N) is 1. The van der Waals surface area contributed by atoms with Crippen LogP contribution < -0.4 is 9.64 Å². The van der Waals surface area contributed by atoms with Gasteiger partial charge >= 0.3 is 5.97 Å². The fraction of sp³-hybridized carbons (Fsp3) is 0.278. The third-order valence-corrected chi connectivity index (χ3v) is 3.91. The summed E-state index contributed by atoms with van der Waals surface area (Å²) < 4.78 is 10.5. The second kappa shape index (κ2) is 9.52. The molecule has 0 aliphatic carbocycles. The van der Waals surface area contributed by atoms with Crippen LogP contribution >= 0.6 is 23.2 Å². The number of hydrogen-bond donors (Lipinski definition) is 1. The van der Waals surface area contributed by atoms with Crippen molar-refractivity contribution in [3.05, 3.63) is 64.1 Å². The standard InChI is InChI=1S/C18H19Cl2NO3/c1-21(12-14-5-3-2-4-6-14)9-10-23-18(22)13-24-17-8-7-15(19)11-16(17)20/h2-8,11H,9-10,12-13H2,1H3/p+1. The zero-order valence-electron chi connectivity index (χ0n) is 13.4. The summed E-state index contributed by atoms with van der Waals surface area (Å²) in [6.45, 7) is 1.77. The van der Waals surface area contributed by atoms with Crippen LogP contribution in [0, 0.1) is 0 Å². The van der Waals surface area contributed by atoms with Gasteiger partial charge in [-0.1, -0.05) is 53.5 Å². The van der Waals surface area contributed by atoms with Crippen molar-refractivity contribution < 1.29 is 19.2 Å². The first-order valence-electron chi connectivity index (χ1n) is 7.63. The highest BCUT2D eigenvalue weighted by Crippen LogP contribution is 2.27. The third-order valence-electron chi connectivity index (χ3n) is 3.38. The molecule has 0 saturated heterocycles. The summed E-state index contributed by atoms with van der Waals surface area (Å²) in [6, 6.07) is 15.0. The molecular formula is C18H20Cl2NO3+. The van der Waals surface area contributed by atoms with E-state index in [4.69, 9.17) is 32.7 Å². The van der Waals surface area contributed by atoms with E-state index in [1.807, 2.05) is 18.2 Å². The van der Waals surface area contributed by atoms with Gasteiger partial charge in [0.05, 0.1) is 12.1 Å². The summed E-state index contributed by atoms with van der Waals surface area (Å²) in [7, 11) is 2.06. The molecule has 2 rings (SSSR count). The van der Waals surface area contributed by atoms with Crippen molar-refractivity contribution in [2.45, 2.75) is 6.54 Å². The van der Waals surface area contributed by atoms with E-state index in [1.54, 1.807) is 18.2 Å². The number of likely N-dealkylation sites (N-methyl/N-ethyl adjacent to an activating group) is 1. The predicted molar refractivity (Wildman–Crippen MR) is 94.8 cm³/mol. The molecule has 6 heteroatoms. The Kier molecular flexibility index (Phi) is 7.37. The number of quaternary nitrogens is 1. The molecule has 0 saturated carbocycles. The topological polar surface area (TPSA) is 40.0 Å². The Balaban J connectivity index is 1.66. The first-order valence-corrected chi connectivity index (χ1v) is 8.39. The van der Waals surface area contributed by atoms with E-state index in [2.05, 4.69) is 19.2 Å². The molecule has 0 aromatic heterocycles. The minimum Gasteiger partial charge on any atom is -0.480 e. The lowest BCUT2D eigenvalue weighted by Gasteiger charge is -2.14. The molecule has 0 aliphatic heterocycles. The molecule has 128 valence electrons. The second-order valence-electron chi connectivity index (χ2n) is 5.45. The highest BCUT2D eigenvalue weighted by molar-refractivity contribution is 6.35. The Labute approximate surface area is 151 Å². The van der Waals surface area contributed by atoms with Gasteiger partial charge in [0, 0.05) is 10.6 Å². The number of esters is 1. The number of benzene rings is 2. The van der Waals surface area contributed by atoms with Gasteiger partial charge in [-0.15, -0.1) is 0 Å². The van der Waals surface area contributed by atoms with E-state index in [-0.39, 0.29) is 6.61 Å². The van der Waals surface area contributed by atoms with E-state index < -0.39 is 5.97 Å². The second-order valence-corrected chi connectivity index (χ2v) is 6.30. The third kappa shape index (κ3) is 6.40. The van der Waals surface area contributed by atoms with Crippen molar-refractivity contribution in [3.63, 3.8) is 0 Å². The van der Waals surface area contributed by atoms with Crippen LogP contribution in [0.1, 0.15) is 5.56 Å². The lowest BCUT2D eigenvalue weighted by atomic mass is 10.2.